The third kappa shape index (κ3) is 2.44. The Morgan fingerprint density at radius 2 is 2.22 bits per heavy atom. The lowest BCUT2D eigenvalue weighted by Crippen LogP contribution is -1.98. The minimum Gasteiger partial charge on any atom is -0.488 e. The van der Waals surface area contributed by atoms with Gasteiger partial charge in [0.15, 0.2) is 0 Å². The van der Waals surface area contributed by atoms with Crippen molar-refractivity contribution in [2.24, 2.45) is 12.2 Å². The number of benzene rings is 1. The highest BCUT2D eigenvalue weighted by Crippen LogP contribution is 2.27. The van der Waals surface area contributed by atoms with Gasteiger partial charge >= 0.3 is 0 Å². The number of aryl methyl sites for hydroxylation is 1. The van der Waals surface area contributed by atoms with Crippen LogP contribution in [0.4, 0.5) is 5.69 Å². The summed E-state index contributed by atoms with van der Waals surface area (Å²) in [6.45, 7) is 2.38. The second kappa shape index (κ2) is 5.25. The van der Waals surface area contributed by atoms with E-state index in [1.807, 2.05) is 20.0 Å². The van der Waals surface area contributed by atoms with Crippen LogP contribution in [-0.4, -0.2) is 9.78 Å². The van der Waals surface area contributed by atoms with Crippen molar-refractivity contribution in [1.82, 2.24) is 9.78 Å². The molecule has 0 bridgehead atoms. The molecule has 0 fully saturated rings. The Morgan fingerprint density at radius 3 is 2.89 bits per heavy atom. The van der Waals surface area contributed by atoms with Crippen molar-refractivity contribution in [1.29, 1.82) is 0 Å². The molecule has 1 heterocycles. The summed E-state index contributed by atoms with van der Waals surface area (Å²) in [5, 5.41) is 7.72. The van der Waals surface area contributed by atoms with E-state index in [1.165, 1.54) is 0 Å². The number of para-hydroxylation sites is 1. The summed E-state index contributed by atoms with van der Waals surface area (Å²) < 4.78 is 7.44. The second-order valence-electron chi connectivity index (χ2n) is 3.82. The average Bonchev–Trinajstić information content (AvgIpc) is 2.70. The Bertz CT molecular complexity index is 598. The molecule has 1 aromatic carbocycles. The van der Waals surface area contributed by atoms with Crippen LogP contribution >= 0.6 is 0 Å². The molecule has 18 heavy (non-hydrogen) atoms. The number of nitrogens with zero attached hydrogens (tertiary/aromatic N) is 5. The molecule has 92 valence electrons. The third-order valence-corrected chi connectivity index (χ3v) is 2.74. The van der Waals surface area contributed by atoms with E-state index in [1.54, 1.807) is 29.1 Å². The zero-order valence-electron chi connectivity index (χ0n) is 10.2. The van der Waals surface area contributed by atoms with Gasteiger partial charge in [0.05, 0.1) is 11.9 Å². The molecule has 0 amide bonds. The standard InChI is InChI=1S/C12H13N5O/c1-9-10(7-14-17(9)2)8-18-12-6-4-3-5-11(12)15-16-13/h3-7H,8H2,1-2H3. The van der Waals surface area contributed by atoms with E-state index in [9.17, 15) is 0 Å². The van der Waals surface area contributed by atoms with Crippen molar-refractivity contribution in [3.63, 3.8) is 0 Å². The smallest absolute Gasteiger partial charge is 0.129 e. The van der Waals surface area contributed by atoms with E-state index in [4.69, 9.17) is 10.3 Å². The number of hydrogen-bond acceptors (Lipinski definition) is 3. The summed E-state index contributed by atoms with van der Waals surface area (Å²) in [6, 6.07) is 7.12. The van der Waals surface area contributed by atoms with Gasteiger partial charge in [-0.15, -0.1) is 0 Å². The Labute approximate surface area is 104 Å². The highest BCUT2D eigenvalue weighted by Gasteiger charge is 2.06. The number of azide groups is 1. The van der Waals surface area contributed by atoms with Gasteiger partial charge in [0.1, 0.15) is 12.4 Å². The molecule has 0 aliphatic rings. The van der Waals surface area contributed by atoms with Crippen molar-refractivity contribution in [3.8, 4) is 5.75 Å². The lowest BCUT2D eigenvalue weighted by Gasteiger charge is -2.07. The maximum absolute atomic E-state index is 8.47. The van der Waals surface area contributed by atoms with Crippen molar-refractivity contribution in [3.05, 3.63) is 52.2 Å². The number of rotatable bonds is 4. The first-order valence-electron chi connectivity index (χ1n) is 5.47. The molecule has 6 nitrogen and oxygen atoms in total. The van der Waals surface area contributed by atoms with Gasteiger partial charge in [0.25, 0.3) is 0 Å². The zero-order valence-corrected chi connectivity index (χ0v) is 10.2. The van der Waals surface area contributed by atoms with Crippen LogP contribution in [0, 0.1) is 6.92 Å². The highest BCUT2D eigenvalue weighted by atomic mass is 16.5. The van der Waals surface area contributed by atoms with E-state index in [0.717, 1.165) is 11.3 Å². The van der Waals surface area contributed by atoms with Crippen molar-refractivity contribution in [2.45, 2.75) is 13.5 Å². The predicted molar refractivity (Wildman–Crippen MR) is 67.5 cm³/mol. The van der Waals surface area contributed by atoms with Gasteiger partial charge in [0, 0.05) is 23.2 Å². The number of aromatic nitrogens is 2. The molecule has 0 radical (unpaired) electrons. The molecule has 0 saturated heterocycles. The van der Waals surface area contributed by atoms with Gasteiger partial charge in [-0.2, -0.15) is 5.10 Å². The van der Waals surface area contributed by atoms with Gasteiger partial charge in [-0.05, 0) is 24.6 Å². The molecule has 2 rings (SSSR count). The van der Waals surface area contributed by atoms with Crippen LogP contribution in [0.2, 0.25) is 0 Å². The van der Waals surface area contributed by atoms with Gasteiger partial charge in [-0.25, -0.2) is 0 Å². The Balaban J connectivity index is 2.15. The fraction of sp³-hybridized carbons (Fsp3) is 0.250. The average molecular weight is 243 g/mol. The highest BCUT2D eigenvalue weighted by molar-refractivity contribution is 5.51. The molecule has 2 aromatic rings. The summed E-state index contributed by atoms with van der Waals surface area (Å²) in [7, 11) is 1.88. The molecule has 0 saturated carbocycles. The van der Waals surface area contributed by atoms with Crippen LogP contribution in [0.5, 0.6) is 5.75 Å². The lowest BCUT2D eigenvalue weighted by molar-refractivity contribution is 0.306. The third-order valence-electron chi connectivity index (χ3n) is 2.74. The van der Waals surface area contributed by atoms with Crippen LogP contribution in [0.25, 0.3) is 10.4 Å². The van der Waals surface area contributed by atoms with Crippen molar-refractivity contribution >= 4 is 5.69 Å². The normalized spacial score (nSPS) is 9.89. The number of ether oxygens (including phenoxy) is 1. The molecule has 6 heteroatoms. The number of hydrogen-bond donors (Lipinski definition) is 0. The monoisotopic (exact) mass is 243 g/mol. The van der Waals surface area contributed by atoms with E-state index < -0.39 is 0 Å². The van der Waals surface area contributed by atoms with E-state index >= 15 is 0 Å². The summed E-state index contributed by atoms with van der Waals surface area (Å²) in [5.41, 5.74) is 11.0. The molecule has 0 aliphatic carbocycles. The summed E-state index contributed by atoms with van der Waals surface area (Å²) in [5.74, 6) is 0.568. The Morgan fingerprint density at radius 1 is 1.44 bits per heavy atom. The van der Waals surface area contributed by atoms with Gasteiger partial charge in [-0.3, -0.25) is 4.68 Å². The lowest BCUT2D eigenvalue weighted by atomic mass is 10.2. The minimum atomic E-state index is 0.400. The predicted octanol–water partition coefficient (Wildman–Crippen LogP) is 3.25. The molecule has 0 unspecified atom stereocenters. The molecule has 0 atom stereocenters. The zero-order chi connectivity index (χ0) is 13.0. The SMILES string of the molecule is Cc1c(COc2ccccc2N=[N+]=[N-])cnn1C. The summed E-state index contributed by atoms with van der Waals surface area (Å²) in [4.78, 5) is 2.77. The van der Waals surface area contributed by atoms with Crippen molar-refractivity contribution in [2.75, 3.05) is 0 Å². The van der Waals surface area contributed by atoms with E-state index in [-0.39, 0.29) is 0 Å². The largest absolute Gasteiger partial charge is 0.488 e. The second-order valence-corrected chi connectivity index (χ2v) is 3.82. The van der Waals surface area contributed by atoms with Crippen LogP contribution in [0.3, 0.4) is 0 Å². The molecule has 0 aliphatic heterocycles. The molecular weight excluding hydrogens is 230 g/mol. The quantitative estimate of drug-likeness (QED) is 0.469. The van der Waals surface area contributed by atoms with Gasteiger partial charge < -0.3 is 4.74 Å². The summed E-state index contributed by atoms with van der Waals surface area (Å²) in [6.07, 6.45) is 1.77. The summed E-state index contributed by atoms with van der Waals surface area (Å²) >= 11 is 0. The van der Waals surface area contributed by atoms with Crippen LogP contribution in [-0.2, 0) is 13.7 Å². The van der Waals surface area contributed by atoms with Crippen LogP contribution < -0.4 is 4.74 Å². The molecule has 0 N–H and O–H groups in total. The van der Waals surface area contributed by atoms with Gasteiger partial charge in [-0.1, -0.05) is 17.2 Å². The maximum atomic E-state index is 8.47. The topological polar surface area (TPSA) is 75.8 Å². The first-order valence-corrected chi connectivity index (χ1v) is 5.47. The Hall–Kier alpha value is -2.46. The molecule has 1 aromatic heterocycles. The van der Waals surface area contributed by atoms with E-state index in [0.29, 0.717) is 18.0 Å². The fourth-order valence-corrected chi connectivity index (χ4v) is 1.55. The maximum Gasteiger partial charge on any atom is 0.129 e. The molecule has 0 spiro atoms. The fourth-order valence-electron chi connectivity index (χ4n) is 1.55. The Kier molecular flexibility index (Phi) is 3.50. The van der Waals surface area contributed by atoms with Crippen LogP contribution in [0.1, 0.15) is 11.3 Å². The first-order chi connectivity index (χ1) is 8.72. The minimum absolute atomic E-state index is 0.400. The van der Waals surface area contributed by atoms with E-state index in [2.05, 4.69) is 15.1 Å². The molecular formula is C12H13N5O. The van der Waals surface area contributed by atoms with Gasteiger partial charge in [0.2, 0.25) is 0 Å². The first kappa shape index (κ1) is 12.0. The van der Waals surface area contributed by atoms with Crippen LogP contribution in [0.15, 0.2) is 35.6 Å². The van der Waals surface area contributed by atoms with Crippen molar-refractivity contribution < 1.29 is 4.74 Å².